The number of thiophene rings is 1. The Kier molecular flexibility index (Phi) is 12.6. The molecule has 0 spiro atoms. The quantitative estimate of drug-likeness (QED) is 0.0623. The highest BCUT2D eigenvalue weighted by atomic mass is 32.2. The van der Waals surface area contributed by atoms with Crippen LogP contribution in [0.1, 0.15) is 67.8 Å². The molecule has 2 unspecified atom stereocenters. The monoisotopic (exact) mass is 759 g/mol. The number of methoxy groups -OCH3 is 1. The molecule has 4 aromatic carbocycles. The molecule has 1 aliphatic carbocycles. The maximum atomic E-state index is 14.2. The molecule has 54 heavy (non-hydrogen) atoms. The summed E-state index contributed by atoms with van der Waals surface area (Å²) in [5.41, 5.74) is 3.78. The number of esters is 1. The molecule has 1 aliphatic rings. The van der Waals surface area contributed by atoms with Crippen molar-refractivity contribution in [3.63, 3.8) is 0 Å². The topological polar surface area (TPSA) is 123 Å². The summed E-state index contributed by atoms with van der Waals surface area (Å²) in [5.74, 6) is -0.523. The van der Waals surface area contributed by atoms with Crippen molar-refractivity contribution in [2.45, 2.75) is 43.3 Å². The van der Waals surface area contributed by atoms with E-state index in [1.165, 1.54) is 30.2 Å². The van der Waals surface area contributed by atoms with Gasteiger partial charge in [0, 0.05) is 21.0 Å². The third kappa shape index (κ3) is 9.47. The Balaban J connectivity index is 1.24. The highest BCUT2D eigenvalue weighted by molar-refractivity contribution is 8.00. The van der Waals surface area contributed by atoms with Crippen LogP contribution in [0.4, 0.5) is 10.7 Å². The molecule has 3 N–H and O–H groups in total. The fourth-order valence-electron chi connectivity index (χ4n) is 6.15. The molecule has 6 rings (SSSR count). The van der Waals surface area contributed by atoms with E-state index in [4.69, 9.17) is 9.47 Å². The summed E-state index contributed by atoms with van der Waals surface area (Å²) in [6, 6.07) is 32.5. The number of carbonyl (C=O) groups is 4. The van der Waals surface area contributed by atoms with Gasteiger partial charge in [-0.3, -0.25) is 14.4 Å². The van der Waals surface area contributed by atoms with Crippen molar-refractivity contribution >= 4 is 63.6 Å². The summed E-state index contributed by atoms with van der Waals surface area (Å²) >= 11 is 2.76. The molecule has 5 aromatic rings. The molecule has 2 atom stereocenters. The molecule has 3 amide bonds. The first kappa shape index (κ1) is 38.1. The lowest BCUT2D eigenvalue weighted by atomic mass is 9.88. The Labute approximate surface area is 323 Å². The molecule has 0 saturated heterocycles. The minimum absolute atomic E-state index is 0.0436. The highest BCUT2D eigenvalue weighted by Gasteiger charge is 2.31. The summed E-state index contributed by atoms with van der Waals surface area (Å²) in [7, 11) is 1.36. The molecular weight excluding hydrogens is 719 g/mol. The predicted molar refractivity (Wildman–Crippen MR) is 215 cm³/mol. The van der Waals surface area contributed by atoms with E-state index in [1.807, 2.05) is 49.4 Å². The molecule has 276 valence electrons. The zero-order chi connectivity index (χ0) is 38.0. The Morgan fingerprint density at radius 3 is 2.33 bits per heavy atom. The molecule has 0 aliphatic heterocycles. The van der Waals surface area contributed by atoms with Crippen LogP contribution in [0.25, 0.3) is 6.08 Å². The first-order valence-electron chi connectivity index (χ1n) is 17.7. The number of anilines is 2. The van der Waals surface area contributed by atoms with Crippen molar-refractivity contribution in [3.8, 4) is 5.75 Å². The molecular formula is C43H41N3O6S2. The predicted octanol–water partition coefficient (Wildman–Crippen LogP) is 8.94. The fourth-order valence-corrected chi connectivity index (χ4v) is 8.64. The number of amides is 3. The highest BCUT2D eigenvalue weighted by Crippen LogP contribution is 2.42. The SMILES string of the molecule is CCOc1ccc(/C=C(/NC(=O)c2ccccc2)C(=O)Nc2cccc(SC(C(=O)Nc3sc4c(c3C(=O)OC)CCC(C)C4)c3ccccc3)c2)cc1. The van der Waals surface area contributed by atoms with Crippen molar-refractivity contribution < 1.29 is 28.7 Å². The summed E-state index contributed by atoms with van der Waals surface area (Å²) in [4.78, 5) is 55.9. The number of thioether (sulfide) groups is 1. The largest absolute Gasteiger partial charge is 0.494 e. The van der Waals surface area contributed by atoms with Crippen molar-refractivity contribution in [1.29, 1.82) is 0 Å². The van der Waals surface area contributed by atoms with Gasteiger partial charge in [0.25, 0.3) is 11.8 Å². The Hall–Kier alpha value is -5.65. The number of hydrogen-bond donors (Lipinski definition) is 3. The van der Waals surface area contributed by atoms with Gasteiger partial charge in [0.2, 0.25) is 5.91 Å². The molecule has 11 heteroatoms. The zero-order valence-corrected chi connectivity index (χ0v) is 31.9. The van der Waals surface area contributed by atoms with Crippen molar-refractivity contribution in [2.75, 3.05) is 24.4 Å². The van der Waals surface area contributed by atoms with E-state index in [1.54, 1.807) is 72.8 Å². The Morgan fingerprint density at radius 2 is 1.63 bits per heavy atom. The molecule has 1 heterocycles. The lowest BCUT2D eigenvalue weighted by Crippen LogP contribution is -2.30. The maximum absolute atomic E-state index is 14.2. The second-order valence-corrected chi connectivity index (χ2v) is 15.1. The standard InChI is InChI=1S/C43H41N3O6S2/c1-4-52-32-21-19-28(20-22-32)25-35(45-39(47)30-14-9-6-10-15-30)40(48)44-31-16-11-17-33(26-31)53-38(29-12-7-5-8-13-29)41(49)46-42-37(43(50)51-3)34-23-18-27(2)24-36(34)54-42/h5-17,19-22,25-27,38H,4,18,23-24H2,1-3H3,(H,44,48)(H,45,47)(H,46,49)/b35-25+. The van der Waals surface area contributed by atoms with Gasteiger partial charge in [-0.25, -0.2) is 4.79 Å². The average molecular weight is 760 g/mol. The van der Waals surface area contributed by atoms with E-state index in [0.29, 0.717) is 45.7 Å². The number of carbonyl (C=O) groups excluding carboxylic acids is 4. The fraction of sp³-hybridized carbons (Fsp3) is 0.209. The summed E-state index contributed by atoms with van der Waals surface area (Å²) in [5, 5.41) is 8.58. The maximum Gasteiger partial charge on any atom is 0.341 e. The van der Waals surface area contributed by atoms with Gasteiger partial charge in [0.1, 0.15) is 21.7 Å². The van der Waals surface area contributed by atoms with Gasteiger partial charge >= 0.3 is 5.97 Å². The summed E-state index contributed by atoms with van der Waals surface area (Å²) < 4.78 is 10.7. The molecule has 0 bridgehead atoms. The third-order valence-electron chi connectivity index (χ3n) is 8.86. The number of ether oxygens (including phenoxy) is 2. The van der Waals surface area contributed by atoms with E-state index in [-0.39, 0.29) is 11.6 Å². The molecule has 1 aromatic heterocycles. The second kappa shape index (κ2) is 17.9. The first-order valence-corrected chi connectivity index (χ1v) is 19.4. The van der Waals surface area contributed by atoms with E-state index in [0.717, 1.165) is 40.2 Å². The first-order chi connectivity index (χ1) is 26.2. The lowest BCUT2D eigenvalue weighted by molar-refractivity contribution is -0.116. The van der Waals surface area contributed by atoms with Crippen LogP contribution in [0.5, 0.6) is 5.75 Å². The molecule has 0 radical (unpaired) electrons. The van der Waals surface area contributed by atoms with Crippen LogP contribution in [0, 0.1) is 5.92 Å². The van der Waals surface area contributed by atoms with Crippen molar-refractivity contribution in [3.05, 3.63) is 148 Å². The van der Waals surface area contributed by atoms with Gasteiger partial charge in [-0.05, 0) is 97.3 Å². The van der Waals surface area contributed by atoms with Crippen LogP contribution in [-0.2, 0) is 27.2 Å². The average Bonchev–Trinajstić information content (AvgIpc) is 3.54. The van der Waals surface area contributed by atoms with E-state index >= 15 is 0 Å². The second-order valence-electron chi connectivity index (χ2n) is 12.8. The van der Waals surface area contributed by atoms with Crippen LogP contribution in [-0.4, -0.2) is 37.4 Å². The van der Waals surface area contributed by atoms with Gasteiger partial charge in [-0.15, -0.1) is 23.1 Å². The third-order valence-corrected chi connectivity index (χ3v) is 11.3. The van der Waals surface area contributed by atoms with Crippen LogP contribution in [0.15, 0.2) is 120 Å². The smallest absolute Gasteiger partial charge is 0.341 e. The van der Waals surface area contributed by atoms with Gasteiger partial charge in [0.05, 0.1) is 19.3 Å². The van der Waals surface area contributed by atoms with Crippen LogP contribution >= 0.6 is 23.1 Å². The van der Waals surface area contributed by atoms with E-state index in [2.05, 4.69) is 22.9 Å². The van der Waals surface area contributed by atoms with Gasteiger partial charge in [-0.1, -0.05) is 73.7 Å². The minimum atomic E-state index is -0.694. The van der Waals surface area contributed by atoms with Crippen molar-refractivity contribution in [2.24, 2.45) is 5.92 Å². The van der Waals surface area contributed by atoms with E-state index < -0.39 is 23.0 Å². The van der Waals surface area contributed by atoms with Crippen LogP contribution in [0.2, 0.25) is 0 Å². The number of nitrogens with one attached hydrogen (secondary N) is 3. The Morgan fingerprint density at radius 1 is 0.907 bits per heavy atom. The minimum Gasteiger partial charge on any atom is -0.494 e. The van der Waals surface area contributed by atoms with Crippen molar-refractivity contribution in [1.82, 2.24) is 5.32 Å². The summed E-state index contributed by atoms with van der Waals surface area (Å²) in [6.07, 6.45) is 4.18. The number of benzene rings is 4. The van der Waals surface area contributed by atoms with E-state index in [9.17, 15) is 19.2 Å². The molecule has 0 saturated carbocycles. The summed E-state index contributed by atoms with van der Waals surface area (Å²) in [6.45, 7) is 4.62. The normalized spacial score (nSPS) is 14.3. The van der Waals surface area contributed by atoms with Crippen LogP contribution < -0.4 is 20.7 Å². The van der Waals surface area contributed by atoms with Gasteiger partial charge in [0.15, 0.2) is 0 Å². The van der Waals surface area contributed by atoms with Gasteiger partial charge in [-0.2, -0.15) is 0 Å². The number of hydrogen-bond acceptors (Lipinski definition) is 8. The van der Waals surface area contributed by atoms with Gasteiger partial charge < -0.3 is 25.4 Å². The number of rotatable bonds is 13. The van der Waals surface area contributed by atoms with Crippen LogP contribution in [0.3, 0.4) is 0 Å². The Bertz CT molecular complexity index is 2150. The zero-order valence-electron chi connectivity index (χ0n) is 30.2. The lowest BCUT2D eigenvalue weighted by Gasteiger charge is -2.18. The molecule has 0 fully saturated rings. The molecule has 9 nitrogen and oxygen atoms in total. The number of fused-ring (bicyclic) bond motifs is 1.